The number of nitrogens with one attached hydrogen (secondary N) is 2. The SMILES string of the molecule is O=C(Nc1cccc(CNC(=O)C(F)(F)F)c1)C1CCCC1. The Balaban J connectivity index is 1.92. The van der Waals surface area contributed by atoms with E-state index in [4.69, 9.17) is 0 Å². The van der Waals surface area contributed by atoms with Crippen molar-refractivity contribution in [3.63, 3.8) is 0 Å². The molecular formula is C15H17F3N2O2. The molecular weight excluding hydrogens is 297 g/mol. The topological polar surface area (TPSA) is 58.2 Å². The molecule has 1 aromatic carbocycles. The van der Waals surface area contributed by atoms with Crippen molar-refractivity contribution >= 4 is 17.5 Å². The molecule has 0 radical (unpaired) electrons. The molecule has 0 spiro atoms. The molecule has 1 saturated carbocycles. The van der Waals surface area contributed by atoms with Crippen molar-refractivity contribution in [2.75, 3.05) is 5.32 Å². The van der Waals surface area contributed by atoms with Crippen molar-refractivity contribution in [2.45, 2.75) is 38.4 Å². The van der Waals surface area contributed by atoms with Gasteiger partial charge in [0.05, 0.1) is 0 Å². The summed E-state index contributed by atoms with van der Waals surface area (Å²) in [6.07, 6.45) is -1.07. The van der Waals surface area contributed by atoms with Gasteiger partial charge in [0.2, 0.25) is 5.91 Å². The fraction of sp³-hybridized carbons (Fsp3) is 0.467. The molecule has 1 aliphatic rings. The number of carbonyl (C=O) groups excluding carboxylic acids is 2. The molecule has 0 atom stereocenters. The standard InChI is InChI=1S/C15H17F3N2O2/c16-15(17,18)14(22)19-9-10-4-3-7-12(8-10)20-13(21)11-5-1-2-6-11/h3-4,7-8,11H,1-2,5-6,9H2,(H,19,22)(H,20,21). The van der Waals surface area contributed by atoms with E-state index in [9.17, 15) is 22.8 Å². The van der Waals surface area contributed by atoms with E-state index in [1.807, 2.05) is 0 Å². The minimum absolute atomic E-state index is 0.00795. The van der Waals surface area contributed by atoms with Crippen LogP contribution < -0.4 is 10.6 Å². The lowest BCUT2D eigenvalue weighted by Gasteiger charge is -2.12. The van der Waals surface area contributed by atoms with Crippen molar-refractivity contribution < 1.29 is 22.8 Å². The van der Waals surface area contributed by atoms with Gasteiger partial charge < -0.3 is 10.6 Å². The first-order chi connectivity index (χ1) is 10.4. The van der Waals surface area contributed by atoms with Crippen LogP contribution in [0.3, 0.4) is 0 Å². The summed E-state index contributed by atoms with van der Waals surface area (Å²) in [5.74, 6) is -2.03. The van der Waals surface area contributed by atoms with Crippen LogP contribution in [0.5, 0.6) is 0 Å². The number of halogens is 3. The van der Waals surface area contributed by atoms with Crippen LogP contribution in [-0.4, -0.2) is 18.0 Å². The van der Waals surface area contributed by atoms with Gasteiger partial charge in [0, 0.05) is 18.2 Å². The lowest BCUT2D eigenvalue weighted by molar-refractivity contribution is -0.173. The third kappa shape index (κ3) is 4.47. The van der Waals surface area contributed by atoms with E-state index < -0.39 is 12.1 Å². The number of hydrogen-bond acceptors (Lipinski definition) is 2. The van der Waals surface area contributed by atoms with Crippen molar-refractivity contribution in [1.29, 1.82) is 0 Å². The average Bonchev–Trinajstić information content (AvgIpc) is 2.98. The number of alkyl halides is 3. The van der Waals surface area contributed by atoms with Crippen LogP contribution >= 0.6 is 0 Å². The quantitative estimate of drug-likeness (QED) is 0.897. The highest BCUT2D eigenvalue weighted by molar-refractivity contribution is 5.92. The van der Waals surface area contributed by atoms with E-state index in [1.54, 1.807) is 29.6 Å². The van der Waals surface area contributed by atoms with Gasteiger partial charge in [-0.3, -0.25) is 9.59 Å². The first kappa shape index (κ1) is 16.3. The highest BCUT2D eigenvalue weighted by Crippen LogP contribution is 2.26. The fourth-order valence-electron chi connectivity index (χ4n) is 2.47. The number of hydrogen-bond donors (Lipinski definition) is 2. The molecule has 0 unspecified atom stereocenters. The Morgan fingerprint density at radius 2 is 1.86 bits per heavy atom. The zero-order valence-electron chi connectivity index (χ0n) is 11.9. The van der Waals surface area contributed by atoms with Gasteiger partial charge in [-0.2, -0.15) is 13.2 Å². The van der Waals surface area contributed by atoms with Crippen molar-refractivity contribution in [3.05, 3.63) is 29.8 Å². The van der Waals surface area contributed by atoms with Gasteiger partial charge in [-0.1, -0.05) is 25.0 Å². The van der Waals surface area contributed by atoms with Crippen LogP contribution in [0.15, 0.2) is 24.3 Å². The monoisotopic (exact) mass is 314 g/mol. The Morgan fingerprint density at radius 3 is 2.50 bits per heavy atom. The summed E-state index contributed by atoms with van der Waals surface area (Å²) in [7, 11) is 0. The molecule has 0 bridgehead atoms. The predicted molar refractivity (Wildman–Crippen MR) is 74.9 cm³/mol. The van der Waals surface area contributed by atoms with E-state index in [0.29, 0.717) is 11.3 Å². The summed E-state index contributed by atoms with van der Waals surface area (Å²) >= 11 is 0. The van der Waals surface area contributed by atoms with Crippen LogP contribution in [0.25, 0.3) is 0 Å². The first-order valence-corrected chi connectivity index (χ1v) is 7.11. The van der Waals surface area contributed by atoms with Crippen molar-refractivity contribution in [1.82, 2.24) is 5.32 Å². The maximum Gasteiger partial charge on any atom is 0.471 e. The summed E-state index contributed by atoms with van der Waals surface area (Å²) in [4.78, 5) is 22.8. The van der Waals surface area contributed by atoms with E-state index in [1.165, 1.54) is 0 Å². The number of carbonyl (C=O) groups is 2. The molecule has 2 N–H and O–H groups in total. The summed E-state index contributed by atoms with van der Waals surface area (Å²) in [6, 6.07) is 6.44. The summed E-state index contributed by atoms with van der Waals surface area (Å²) < 4.78 is 36.3. The normalized spacial score (nSPS) is 15.6. The minimum atomic E-state index is -4.89. The molecule has 0 aliphatic heterocycles. The average molecular weight is 314 g/mol. The molecule has 0 heterocycles. The number of rotatable bonds is 4. The summed E-state index contributed by atoms with van der Waals surface area (Å²) in [6.45, 7) is -0.245. The van der Waals surface area contributed by atoms with Gasteiger partial charge >= 0.3 is 12.1 Å². The Bertz CT molecular complexity index is 552. The zero-order chi connectivity index (χ0) is 16.2. The molecule has 1 aromatic rings. The lowest BCUT2D eigenvalue weighted by Crippen LogP contribution is -2.36. The number of benzene rings is 1. The molecule has 22 heavy (non-hydrogen) atoms. The third-order valence-corrected chi connectivity index (χ3v) is 3.63. The predicted octanol–water partition coefficient (Wildman–Crippen LogP) is 2.99. The Kier molecular flexibility index (Phi) is 5.05. The zero-order valence-corrected chi connectivity index (χ0v) is 11.9. The lowest BCUT2D eigenvalue weighted by atomic mass is 10.1. The summed E-state index contributed by atoms with van der Waals surface area (Å²) in [5, 5.41) is 4.57. The number of amides is 2. The molecule has 7 heteroatoms. The number of anilines is 1. The van der Waals surface area contributed by atoms with E-state index >= 15 is 0 Å². The Morgan fingerprint density at radius 1 is 1.18 bits per heavy atom. The molecule has 0 saturated heterocycles. The van der Waals surface area contributed by atoms with Crippen LogP contribution in [0.1, 0.15) is 31.2 Å². The molecule has 0 aromatic heterocycles. The van der Waals surface area contributed by atoms with Gasteiger partial charge in [-0.05, 0) is 30.5 Å². The molecule has 2 rings (SSSR count). The van der Waals surface area contributed by atoms with E-state index in [-0.39, 0.29) is 18.4 Å². The first-order valence-electron chi connectivity index (χ1n) is 7.11. The molecule has 120 valence electrons. The van der Waals surface area contributed by atoms with Crippen LogP contribution in [0.2, 0.25) is 0 Å². The summed E-state index contributed by atoms with van der Waals surface area (Å²) in [5.41, 5.74) is 1.01. The van der Waals surface area contributed by atoms with Crippen molar-refractivity contribution in [3.8, 4) is 0 Å². The minimum Gasteiger partial charge on any atom is -0.344 e. The van der Waals surface area contributed by atoms with Gasteiger partial charge in [-0.15, -0.1) is 0 Å². The van der Waals surface area contributed by atoms with E-state index in [2.05, 4.69) is 5.32 Å². The van der Waals surface area contributed by atoms with Gasteiger partial charge in [0.1, 0.15) is 0 Å². The second kappa shape index (κ2) is 6.81. The second-order valence-electron chi connectivity index (χ2n) is 5.35. The van der Waals surface area contributed by atoms with Gasteiger partial charge in [-0.25, -0.2) is 0 Å². The largest absolute Gasteiger partial charge is 0.471 e. The van der Waals surface area contributed by atoms with Gasteiger partial charge in [0.15, 0.2) is 0 Å². The third-order valence-electron chi connectivity index (χ3n) is 3.63. The Labute approximate surface area is 126 Å². The van der Waals surface area contributed by atoms with Crippen LogP contribution in [0.4, 0.5) is 18.9 Å². The molecule has 2 amide bonds. The highest BCUT2D eigenvalue weighted by Gasteiger charge is 2.38. The molecule has 1 fully saturated rings. The second-order valence-corrected chi connectivity index (χ2v) is 5.35. The van der Waals surface area contributed by atoms with Crippen molar-refractivity contribution in [2.24, 2.45) is 5.92 Å². The van der Waals surface area contributed by atoms with Crippen LogP contribution in [-0.2, 0) is 16.1 Å². The smallest absolute Gasteiger partial charge is 0.344 e. The maximum absolute atomic E-state index is 12.1. The Hall–Kier alpha value is -2.05. The fourth-order valence-corrected chi connectivity index (χ4v) is 2.47. The van der Waals surface area contributed by atoms with E-state index in [0.717, 1.165) is 25.7 Å². The van der Waals surface area contributed by atoms with Crippen LogP contribution in [0, 0.1) is 5.92 Å². The molecule has 4 nitrogen and oxygen atoms in total. The highest BCUT2D eigenvalue weighted by atomic mass is 19.4. The van der Waals surface area contributed by atoms with Gasteiger partial charge in [0.25, 0.3) is 0 Å². The maximum atomic E-state index is 12.1. The molecule has 1 aliphatic carbocycles.